The van der Waals surface area contributed by atoms with E-state index >= 15 is 0 Å². The van der Waals surface area contributed by atoms with E-state index < -0.39 is 5.97 Å². The number of ether oxygens (including phenoxy) is 1. The van der Waals surface area contributed by atoms with Gasteiger partial charge in [0.15, 0.2) is 0 Å². The van der Waals surface area contributed by atoms with E-state index in [1.54, 1.807) is 0 Å². The fraction of sp³-hybridized carbons (Fsp3) is 0.579. The summed E-state index contributed by atoms with van der Waals surface area (Å²) in [5.74, 6) is -1.04. The summed E-state index contributed by atoms with van der Waals surface area (Å²) in [4.78, 5) is 23.1. The smallest absolute Gasteiger partial charge is 0.407 e. The molecule has 130 valence electrons. The number of rotatable bonds is 7. The van der Waals surface area contributed by atoms with E-state index in [1.807, 2.05) is 30.3 Å². The molecule has 2 fully saturated rings. The van der Waals surface area contributed by atoms with Gasteiger partial charge < -0.3 is 15.2 Å². The summed E-state index contributed by atoms with van der Waals surface area (Å²) in [6, 6.07) is 9.85. The molecule has 0 aromatic heterocycles. The SMILES string of the molecule is O=C(NCCCC1(c2ccccc2)CC1C(=O)O)OC1CCCC1. The molecule has 24 heavy (non-hydrogen) atoms. The second-order valence-electron chi connectivity index (χ2n) is 6.96. The van der Waals surface area contributed by atoms with Crippen LogP contribution in [0.5, 0.6) is 0 Å². The Balaban J connectivity index is 1.47. The summed E-state index contributed by atoms with van der Waals surface area (Å²) in [6.07, 6.45) is 6.11. The van der Waals surface area contributed by atoms with Gasteiger partial charge in [-0.05, 0) is 50.5 Å². The standard InChI is InChI=1S/C19H25NO4/c21-17(22)16-13-19(16,14-7-2-1-3-8-14)11-6-12-20-18(23)24-15-9-4-5-10-15/h1-3,7-8,15-16H,4-6,9-13H2,(H,20,23)(H,21,22). The average molecular weight is 331 g/mol. The molecule has 2 unspecified atom stereocenters. The van der Waals surface area contributed by atoms with Crippen molar-refractivity contribution in [3.8, 4) is 0 Å². The summed E-state index contributed by atoms with van der Waals surface area (Å²) in [5, 5.41) is 12.2. The Morgan fingerprint density at radius 3 is 2.54 bits per heavy atom. The summed E-state index contributed by atoms with van der Waals surface area (Å²) in [7, 11) is 0. The lowest BCUT2D eigenvalue weighted by Gasteiger charge is -2.17. The first-order valence-corrected chi connectivity index (χ1v) is 8.85. The van der Waals surface area contributed by atoms with Crippen LogP contribution in [0.3, 0.4) is 0 Å². The molecule has 0 aliphatic heterocycles. The first kappa shape index (κ1) is 16.8. The maximum absolute atomic E-state index is 11.8. The van der Waals surface area contributed by atoms with E-state index in [-0.39, 0.29) is 23.5 Å². The second kappa shape index (κ2) is 7.24. The molecule has 0 radical (unpaired) electrons. The van der Waals surface area contributed by atoms with E-state index in [0.29, 0.717) is 13.0 Å². The van der Waals surface area contributed by atoms with Gasteiger partial charge in [0.2, 0.25) is 0 Å². The van der Waals surface area contributed by atoms with Gasteiger partial charge in [-0.2, -0.15) is 0 Å². The molecular weight excluding hydrogens is 306 g/mol. The summed E-state index contributed by atoms with van der Waals surface area (Å²) >= 11 is 0. The highest BCUT2D eigenvalue weighted by Crippen LogP contribution is 2.57. The van der Waals surface area contributed by atoms with E-state index in [9.17, 15) is 14.7 Å². The van der Waals surface area contributed by atoms with Gasteiger partial charge >= 0.3 is 12.1 Å². The van der Waals surface area contributed by atoms with Crippen LogP contribution in [0.1, 0.15) is 50.5 Å². The monoisotopic (exact) mass is 331 g/mol. The lowest BCUT2D eigenvalue weighted by atomic mass is 9.88. The topological polar surface area (TPSA) is 75.6 Å². The van der Waals surface area contributed by atoms with Crippen molar-refractivity contribution >= 4 is 12.1 Å². The van der Waals surface area contributed by atoms with Crippen molar-refractivity contribution in [3.05, 3.63) is 35.9 Å². The quantitative estimate of drug-likeness (QED) is 0.750. The van der Waals surface area contributed by atoms with Gasteiger partial charge in [0.05, 0.1) is 5.92 Å². The summed E-state index contributed by atoms with van der Waals surface area (Å²) < 4.78 is 5.36. The first-order valence-electron chi connectivity index (χ1n) is 8.85. The van der Waals surface area contributed by atoms with Crippen molar-refractivity contribution in [2.75, 3.05) is 6.54 Å². The second-order valence-corrected chi connectivity index (χ2v) is 6.96. The van der Waals surface area contributed by atoms with Crippen molar-refractivity contribution in [1.82, 2.24) is 5.32 Å². The number of aliphatic carboxylic acids is 1. The number of carbonyl (C=O) groups is 2. The van der Waals surface area contributed by atoms with Crippen LogP contribution in [0, 0.1) is 5.92 Å². The van der Waals surface area contributed by atoms with E-state index in [1.165, 1.54) is 0 Å². The molecule has 0 heterocycles. The van der Waals surface area contributed by atoms with Crippen molar-refractivity contribution in [2.24, 2.45) is 5.92 Å². The molecule has 1 amide bonds. The molecular formula is C19H25NO4. The Bertz CT molecular complexity index is 582. The van der Waals surface area contributed by atoms with Crippen LogP contribution < -0.4 is 5.32 Å². The van der Waals surface area contributed by atoms with Crippen molar-refractivity contribution in [1.29, 1.82) is 0 Å². The van der Waals surface area contributed by atoms with Crippen LogP contribution >= 0.6 is 0 Å². The summed E-state index contributed by atoms with van der Waals surface area (Å²) in [5.41, 5.74) is 0.815. The molecule has 2 atom stereocenters. The summed E-state index contributed by atoms with van der Waals surface area (Å²) in [6.45, 7) is 0.520. The van der Waals surface area contributed by atoms with Gasteiger partial charge in [-0.25, -0.2) is 4.79 Å². The third-order valence-electron chi connectivity index (χ3n) is 5.37. The van der Waals surface area contributed by atoms with E-state index in [0.717, 1.165) is 44.1 Å². The number of carbonyl (C=O) groups excluding carboxylic acids is 1. The number of benzene rings is 1. The molecule has 0 spiro atoms. The minimum absolute atomic E-state index is 0.0699. The van der Waals surface area contributed by atoms with Crippen molar-refractivity contribution in [2.45, 2.75) is 56.5 Å². The number of amides is 1. The van der Waals surface area contributed by atoms with Crippen LogP contribution in [0.15, 0.2) is 30.3 Å². The van der Waals surface area contributed by atoms with E-state index in [2.05, 4.69) is 5.32 Å². The zero-order valence-electron chi connectivity index (χ0n) is 13.9. The Hall–Kier alpha value is -2.04. The fourth-order valence-electron chi connectivity index (χ4n) is 3.93. The number of nitrogens with one attached hydrogen (secondary N) is 1. The van der Waals surface area contributed by atoms with E-state index in [4.69, 9.17) is 4.74 Å². The molecule has 1 aromatic rings. The third-order valence-corrected chi connectivity index (χ3v) is 5.37. The maximum Gasteiger partial charge on any atom is 0.407 e. The minimum Gasteiger partial charge on any atom is -0.481 e. The highest BCUT2D eigenvalue weighted by molar-refractivity contribution is 5.77. The zero-order valence-corrected chi connectivity index (χ0v) is 13.9. The lowest BCUT2D eigenvalue weighted by molar-refractivity contribution is -0.139. The van der Waals surface area contributed by atoms with Crippen LogP contribution in [0.4, 0.5) is 4.79 Å². The molecule has 1 aromatic carbocycles. The van der Waals surface area contributed by atoms with Gasteiger partial charge in [-0.15, -0.1) is 0 Å². The molecule has 0 saturated heterocycles. The largest absolute Gasteiger partial charge is 0.481 e. The Kier molecular flexibility index (Phi) is 5.07. The molecule has 3 rings (SSSR count). The Morgan fingerprint density at radius 1 is 1.21 bits per heavy atom. The number of hydrogen-bond acceptors (Lipinski definition) is 3. The third kappa shape index (κ3) is 3.71. The average Bonchev–Trinajstić information content (AvgIpc) is 3.12. The molecule has 5 nitrogen and oxygen atoms in total. The molecule has 0 bridgehead atoms. The predicted octanol–water partition coefficient (Wildman–Crippen LogP) is 3.48. The van der Waals surface area contributed by atoms with Gasteiger partial charge in [0.25, 0.3) is 0 Å². The molecule has 2 N–H and O–H groups in total. The number of hydrogen-bond donors (Lipinski definition) is 2. The molecule has 2 saturated carbocycles. The zero-order chi connectivity index (χ0) is 17.0. The number of carboxylic acid groups (broad SMARTS) is 1. The van der Waals surface area contributed by atoms with Crippen LogP contribution in [0.2, 0.25) is 0 Å². The minimum atomic E-state index is -0.729. The predicted molar refractivity (Wildman–Crippen MR) is 89.8 cm³/mol. The van der Waals surface area contributed by atoms with Crippen LogP contribution in [0.25, 0.3) is 0 Å². The van der Waals surface area contributed by atoms with Crippen LogP contribution in [-0.4, -0.2) is 29.8 Å². The highest BCUT2D eigenvalue weighted by Gasteiger charge is 2.58. The van der Waals surface area contributed by atoms with Gasteiger partial charge in [0.1, 0.15) is 6.10 Å². The van der Waals surface area contributed by atoms with Crippen molar-refractivity contribution < 1.29 is 19.4 Å². The highest BCUT2D eigenvalue weighted by atomic mass is 16.6. The Labute approximate surface area is 142 Å². The van der Waals surface area contributed by atoms with Gasteiger partial charge in [0, 0.05) is 12.0 Å². The molecule has 5 heteroatoms. The fourth-order valence-corrected chi connectivity index (χ4v) is 3.93. The van der Waals surface area contributed by atoms with Crippen molar-refractivity contribution in [3.63, 3.8) is 0 Å². The van der Waals surface area contributed by atoms with Gasteiger partial charge in [-0.1, -0.05) is 30.3 Å². The molecule has 2 aliphatic rings. The molecule has 2 aliphatic carbocycles. The lowest BCUT2D eigenvalue weighted by Crippen LogP contribution is -2.29. The number of carboxylic acids is 1. The van der Waals surface area contributed by atoms with Crippen LogP contribution in [-0.2, 0) is 14.9 Å². The normalized spacial score (nSPS) is 26.1. The van der Waals surface area contributed by atoms with Gasteiger partial charge in [-0.3, -0.25) is 4.79 Å². The number of alkyl carbamates (subject to hydrolysis) is 1. The Morgan fingerprint density at radius 2 is 1.92 bits per heavy atom. The first-order chi connectivity index (χ1) is 11.6. The maximum atomic E-state index is 11.8.